The van der Waals surface area contributed by atoms with Gasteiger partial charge in [-0.2, -0.15) is 0 Å². The van der Waals surface area contributed by atoms with Crippen molar-refractivity contribution in [2.24, 2.45) is 0 Å². The molecule has 0 radical (unpaired) electrons. The van der Waals surface area contributed by atoms with E-state index in [1.807, 2.05) is 4.90 Å². The molecule has 0 aliphatic carbocycles. The standard InChI is InChI=1S/C14H22N2OS/c1-2-7-12(13-8-6-11-18-13)15-14(17)16-9-4-3-5-10-16/h6,8,11-12H,2-5,7,9-10H2,1H3,(H,15,17). The molecule has 1 saturated heterocycles. The third kappa shape index (κ3) is 3.48. The number of hydrogen-bond donors (Lipinski definition) is 1. The number of carbonyl (C=O) groups is 1. The van der Waals surface area contributed by atoms with E-state index in [4.69, 9.17) is 0 Å². The molecule has 4 heteroatoms. The van der Waals surface area contributed by atoms with Crippen LogP contribution in [0, 0.1) is 0 Å². The lowest BCUT2D eigenvalue weighted by Gasteiger charge is -2.29. The molecule has 0 saturated carbocycles. The van der Waals surface area contributed by atoms with Crippen LogP contribution >= 0.6 is 11.3 Å². The number of rotatable bonds is 4. The predicted molar refractivity (Wildman–Crippen MR) is 75.9 cm³/mol. The zero-order valence-corrected chi connectivity index (χ0v) is 11.8. The van der Waals surface area contributed by atoms with E-state index in [2.05, 4.69) is 29.8 Å². The lowest BCUT2D eigenvalue weighted by atomic mass is 10.1. The smallest absolute Gasteiger partial charge is 0.317 e. The van der Waals surface area contributed by atoms with Crippen LogP contribution in [0.4, 0.5) is 4.79 Å². The fourth-order valence-electron chi connectivity index (χ4n) is 2.40. The number of hydrogen-bond acceptors (Lipinski definition) is 2. The maximum atomic E-state index is 12.2. The fourth-order valence-corrected chi connectivity index (χ4v) is 3.21. The second kappa shape index (κ2) is 6.78. The second-order valence-electron chi connectivity index (χ2n) is 4.85. The van der Waals surface area contributed by atoms with Gasteiger partial charge in [0.1, 0.15) is 0 Å². The van der Waals surface area contributed by atoms with Crippen molar-refractivity contribution in [2.45, 2.75) is 45.1 Å². The molecule has 1 atom stereocenters. The van der Waals surface area contributed by atoms with Gasteiger partial charge in [0, 0.05) is 18.0 Å². The van der Waals surface area contributed by atoms with Gasteiger partial charge in [0.15, 0.2) is 0 Å². The number of urea groups is 1. The van der Waals surface area contributed by atoms with Crippen LogP contribution in [0.1, 0.15) is 49.9 Å². The van der Waals surface area contributed by atoms with E-state index in [0.717, 1.165) is 38.8 Å². The van der Waals surface area contributed by atoms with Gasteiger partial charge in [-0.05, 0) is 37.1 Å². The van der Waals surface area contributed by atoms with Gasteiger partial charge < -0.3 is 10.2 Å². The normalized spacial score (nSPS) is 17.5. The molecule has 0 spiro atoms. The van der Waals surface area contributed by atoms with Crippen molar-refractivity contribution in [3.8, 4) is 0 Å². The first kappa shape index (κ1) is 13.4. The van der Waals surface area contributed by atoms with Crippen molar-refractivity contribution in [3.63, 3.8) is 0 Å². The van der Waals surface area contributed by atoms with E-state index in [9.17, 15) is 4.79 Å². The summed E-state index contributed by atoms with van der Waals surface area (Å²) in [6, 6.07) is 4.46. The maximum absolute atomic E-state index is 12.2. The Balaban J connectivity index is 1.93. The van der Waals surface area contributed by atoms with Gasteiger partial charge in [-0.3, -0.25) is 0 Å². The highest BCUT2D eigenvalue weighted by molar-refractivity contribution is 7.10. The summed E-state index contributed by atoms with van der Waals surface area (Å²) < 4.78 is 0. The molecule has 2 rings (SSSR count). The summed E-state index contributed by atoms with van der Waals surface area (Å²) in [7, 11) is 0. The molecule has 0 aromatic carbocycles. The summed E-state index contributed by atoms with van der Waals surface area (Å²) >= 11 is 1.73. The minimum absolute atomic E-state index is 0.113. The minimum Gasteiger partial charge on any atom is -0.330 e. The third-order valence-electron chi connectivity index (χ3n) is 3.40. The average Bonchev–Trinajstić information content (AvgIpc) is 2.93. The van der Waals surface area contributed by atoms with Crippen molar-refractivity contribution >= 4 is 17.4 Å². The molecule has 0 bridgehead atoms. The predicted octanol–water partition coefficient (Wildman–Crippen LogP) is 3.78. The van der Waals surface area contributed by atoms with Crippen LogP contribution in [0.5, 0.6) is 0 Å². The molecule has 1 aromatic heterocycles. The highest BCUT2D eigenvalue weighted by atomic mass is 32.1. The van der Waals surface area contributed by atoms with Crippen LogP contribution in [0.25, 0.3) is 0 Å². The number of nitrogens with one attached hydrogen (secondary N) is 1. The van der Waals surface area contributed by atoms with Crippen LogP contribution in [0.15, 0.2) is 17.5 Å². The Morgan fingerprint density at radius 2 is 2.22 bits per heavy atom. The van der Waals surface area contributed by atoms with E-state index >= 15 is 0 Å². The number of nitrogens with zero attached hydrogens (tertiary/aromatic N) is 1. The summed E-state index contributed by atoms with van der Waals surface area (Å²) in [5.74, 6) is 0. The maximum Gasteiger partial charge on any atom is 0.317 e. The molecule has 1 N–H and O–H groups in total. The van der Waals surface area contributed by atoms with Crippen LogP contribution in [-0.4, -0.2) is 24.0 Å². The molecule has 18 heavy (non-hydrogen) atoms. The Morgan fingerprint density at radius 3 is 2.83 bits per heavy atom. The zero-order chi connectivity index (χ0) is 12.8. The number of piperidine rings is 1. The van der Waals surface area contributed by atoms with Crippen LogP contribution in [0.3, 0.4) is 0 Å². The third-order valence-corrected chi connectivity index (χ3v) is 4.39. The number of carbonyl (C=O) groups excluding carboxylic acids is 1. The summed E-state index contributed by atoms with van der Waals surface area (Å²) in [6.45, 7) is 3.98. The highest BCUT2D eigenvalue weighted by Crippen LogP contribution is 2.23. The molecule has 2 amide bonds. The summed E-state index contributed by atoms with van der Waals surface area (Å²) in [6.07, 6.45) is 5.64. The molecule has 1 aliphatic heterocycles. The molecule has 1 fully saturated rings. The van der Waals surface area contributed by atoms with Gasteiger partial charge in [0.25, 0.3) is 0 Å². The molecule has 2 heterocycles. The van der Waals surface area contributed by atoms with Crippen LogP contribution in [-0.2, 0) is 0 Å². The molecule has 1 aliphatic rings. The van der Waals surface area contributed by atoms with E-state index in [-0.39, 0.29) is 12.1 Å². The summed E-state index contributed by atoms with van der Waals surface area (Å²) in [5.41, 5.74) is 0. The van der Waals surface area contributed by atoms with E-state index in [1.54, 1.807) is 11.3 Å². The van der Waals surface area contributed by atoms with Crippen molar-refractivity contribution in [1.29, 1.82) is 0 Å². The van der Waals surface area contributed by atoms with Crippen molar-refractivity contribution in [2.75, 3.05) is 13.1 Å². The van der Waals surface area contributed by atoms with Crippen LogP contribution in [0.2, 0.25) is 0 Å². The first-order valence-corrected chi connectivity index (χ1v) is 7.78. The van der Waals surface area contributed by atoms with E-state index in [1.165, 1.54) is 11.3 Å². The molecule has 3 nitrogen and oxygen atoms in total. The molecule has 100 valence electrons. The Hall–Kier alpha value is -1.03. The number of thiophene rings is 1. The molecular formula is C14H22N2OS. The zero-order valence-electron chi connectivity index (χ0n) is 11.0. The van der Waals surface area contributed by atoms with Crippen LogP contribution < -0.4 is 5.32 Å². The lowest BCUT2D eigenvalue weighted by Crippen LogP contribution is -2.44. The molecule has 1 aromatic rings. The van der Waals surface area contributed by atoms with Gasteiger partial charge in [-0.1, -0.05) is 19.4 Å². The van der Waals surface area contributed by atoms with E-state index in [0.29, 0.717) is 0 Å². The van der Waals surface area contributed by atoms with Gasteiger partial charge in [-0.25, -0.2) is 4.79 Å². The van der Waals surface area contributed by atoms with Gasteiger partial charge in [0.05, 0.1) is 6.04 Å². The Bertz CT molecular complexity index is 358. The van der Waals surface area contributed by atoms with Gasteiger partial charge >= 0.3 is 6.03 Å². The van der Waals surface area contributed by atoms with Crippen molar-refractivity contribution < 1.29 is 4.79 Å². The van der Waals surface area contributed by atoms with E-state index < -0.39 is 0 Å². The topological polar surface area (TPSA) is 32.3 Å². The lowest BCUT2D eigenvalue weighted by molar-refractivity contribution is 0.182. The summed E-state index contributed by atoms with van der Waals surface area (Å²) in [5, 5.41) is 5.26. The SMILES string of the molecule is CCCC(NC(=O)N1CCCCC1)c1cccs1. The fraction of sp³-hybridized carbons (Fsp3) is 0.643. The average molecular weight is 266 g/mol. The highest BCUT2D eigenvalue weighted by Gasteiger charge is 2.20. The number of amides is 2. The molecule has 1 unspecified atom stereocenters. The monoisotopic (exact) mass is 266 g/mol. The van der Waals surface area contributed by atoms with Gasteiger partial charge in [-0.15, -0.1) is 11.3 Å². The quantitative estimate of drug-likeness (QED) is 0.883. The van der Waals surface area contributed by atoms with Crippen molar-refractivity contribution in [1.82, 2.24) is 10.2 Å². The molecular weight excluding hydrogens is 244 g/mol. The summed E-state index contributed by atoms with van der Waals surface area (Å²) in [4.78, 5) is 15.4. The first-order chi connectivity index (χ1) is 8.81. The van der Waals surface area contributed by atoms with Crippen molar-refractivity contribution in [3.05, 3.63) is 22.4 Å². The first-order valence-electron chi connectivity index (χ1n) is 6.90. The Morgan fingerprint density at radius 1 is 1.44 bits per heavy atom. The Kier molecular flexibility index (Phi) is 5.05. The van der Waals surface area contributed by atoms with Gasteiger partial charge in [0.2, 0.25) is 0 Å². The minimum atomic E-state index is 0.113. The number of likely N-dealkylation sites (tertiary alicyclic amines) is 1. The Labute approximate surface area is 113 Å². The largest absolute Gasteiger partial charge is 0.330 e. The second-order valence-corrected chi connectivity index (χ2v) is 5.83.